The van der Waals surface area contributed by atoms with Gasteiger partial charge in [0.15, 0.2) is 0 Å². The first-order valence-electron chi connectivity index (χ1n) is 4.74. The summed E-state index contributed by atoms with van der Waals surface area (Å²) in [5, 5.41) is 2.27. The maximum atomic E-state index is 11.1. The van der Waals surface area contributed by atoms with Crippen LogP contribution in [-0.2, 0) is 23.9 Å². The van der Waals surface area contributed by atoms with E-state index >= 15 is 0 Å². The summed E-state index contributed by atoms with van der Waals surface area (Å²) in [6, 6.07) is -1.07. The van der Waals surface area contributed by atoms with Crippen LogP contribution >= 0.6 is 0 Å². The lowest BCUT2D eigenvalue weighted by molar-refractivity contribution is -0.145. The van der Waals surface area contributed by atoms with E-state index in [9.17, 15) is 14.4 Å². The number of nitrogens with one attached hydrogen (secondary N) is 1. The van der Waals surface area contributed by atoms with Crippen LogP contribution in [0.1, 0.15) is 13.3 Å². The van der Waals surface area contributed by atoms with Crippen LogP contribution in [0.2, 0.25) is 0 Å². The second-order valence-corrected chi connectivity index (χ2v) is 2.96. The van der Waals surface area contributed by atoms with E-state index in [0.717, 1.165) is 0 Å². The molecule has 0 unspecified atom stereocenters. The van der Waals surface area contributed by atoms with Gasteiger partial charge in [0.05, 0.1) is 13.0 Å². The predicted molar refractivity (Wildman–Crippen MR) is 54.3 cm³/mol. The minimum absolute atomic E-state index is 0.202. The van der Waals surface area contributed by atoms with Gasteiger partial charge >= 0.3 is 5.97 Å². The fourth-order valence-electron chi connectivity index (χ4n) is 0.976. The van der Waals surface area contributed by atoms with Crippen LogP contribution in [0.15, 0.2) is 0 Å². The molecule has 0 fully saturated rings. The van der Waals surface area contributed by atoms with Crippen molar-refractivity contribution in [3.8, 4) is 0 Å². The molecule has 0 aromatic heterocycles. The monoisotopic (exact) mass is 232 g/mol. The highest BCUT2D eigenvalue weighted by molar-refractivity contribution is 5.90. The molecule has 92 valence electrons. The zero-order chi connectivity index (χ0) is 12.6. The lowest BCUT2D eigenvalue weighted by Crippen LogP contribution is -2.47. The summed E-state index contributed by atoms with van der Waals surface area (Å²) in [6.45, 7) is 1.64. The third-order valence-corrected chi connectivity index (χ3v) is 1.63. The van der Waals surface area contributed by atoms with E-state index in [1.165, 1.54) is 7.11 Å². The molecule has 0 saturated heterocycles. The van der Waals surface area contributed by atoms with Crippen molar-refractivity contribution in [1.82, 2.24) is 5.32 Å². The summed E-state index contributed by atoms with van der Waals surface area (Å²) >= 11 is 0. The van der Waals surface area contributed by atoms with Gasteiger partial charge in [0.1, 0.15) is 12.6 Å². The van der Waals surface area contributed by atoms with Crippen LogP contribution < -0.4 is 11.1 Å². The number of primary amides is 1. The van der Waals surface area contributed by atoms with Gasteiger partial charge in [-0.05, 0) is 6.92 Å². The van der Waals surface area contributed by atoms with Crippen molar-refractivity contribution in [2.75, 3.05) is 20.3 Å². The third-order valence-electron chi connectivity index (χ3n) is 1.63. The number of ether oxygens (including phenoxy) is 2. The molecule has 3 N–H and O–H groups in total. The van der Waals surface area contributed by atoms with Crippen LogP contribution in [0.5, 0.6) is 0 Å². The van der Waals surface area contributed by atoms with Crippen LogP contribution in [0.3, 0.4) is 0 Å². The smallest absolute Gasteiger partial charge is 0.308 e. The molecule has 0 radical (unpaired) electrons. The highest BCUT2D eigenvalue weighted by Gasteiger charge is 2.21. The van der Waals surface area contributed by atoms with Crippen molar-refractivity contribution in [2.24, 2.45) is 5.73 Å². The van der Waals surface area contributed by atoms with Crippen molar-refractivity contribution in [1.29, 1.82) is 0 Å². The number of esters is 1. The Bertz CT molecular complexity index is 247. The van der Waals surface area contributed by atoms with Crippen molar-refractivity contribution < 1.29 is 23.9 Å². The average Bonchev–Trinajstić information content (AvgIpc) is 2.17. The molecule has 7 nitrogen and oxygen atoms in total. The fourth-order valence-corrected chi connectivity index (χ4v) is 0.976. The van der Waals surface area contributed by atoms with Crippen LogP contribution in [0.25, 0.3) is 0 Å². The number of rotatable bonds is 7. The lowest BCUT2D eigenvalue weighted by Gasteiger charge is -2.14. The zero-order valence-corrected chi connectivity index (χ0v) is 9.32. The molecule has 0 aliphatic carbocycles. The van der Waals surface area contributed by atoms with Crippen molar-refractivity contribution >= 4 is 17.8 Å². The van der Waals surface area contributed by atoms with Gasteiger partial charge in [0.2, 0.25) is 11.8 Å². The molecular formula is C9H16N2O5. The maximum Gasteiger partial charge on any atom is 0.308 e. The standard InChI is InChI=1S/C9H16N2O5/c1-3-16-8(13)4-6(9(10)14)11-7(12)5-15-2/h6H,3-5H2,1-2H3,(H2,10,14)(H,11,12)/t6-/m1/s1. The molecule has 0 bridgehead atoms. The summed E-state index contributed by atoms with van der Waals surface area (Å²) in [5.74, 6) is -1.91. The second-order valence-electron chi connectivity index (χ2n) is 2.96. The Hall–Kier alpha value is -1.63. The van der Waals surface area contributed by atoms with Crippen LogP contribution in [0, 0.1) is 0 Å². The average molecular weight is 232 g/mol. The van der Waals surface area contributed by atoms with Gasteiger partial charge in [-0.25, -0.2) is 0 Å². The van der Waals surface area contributed by atoms with Gasteiger partial charge in [0.25, 0.3) is 0 Å². The van der Waals surface area contributed by atoms with Gasteiger partial charge in [0, 0.05) is 7.11 Å². The summed E-state index contributed by atoms with van der Waals surface area (Å²) in [5.41, 5.74) is 5.02. The highest BCUT2D eigenvalue weighted by Crippen LogP contribution is 1.95. The van der Waals surface area contributed by atoms with E-state index < -0.39 is 23.8 Å². The van der Waals surface area contributed by atoms with Gasteiger partial charge in [-0.2, -0.15) is 0 Å². The topological polar surface area (TPSA) is 108 Å². The van der Waals surface area contributed by atoms with Gasteiger partial charge < -0.3 is 20.5 Å². The molecule has 1 atom stereocenters. The van der Waals surface area contributed by atoms with Crippen molar-refractivity contribution in [2.45, 2.75) is 19.4 Å². The van der Waals surface area contributed by atoms with E-state index in [-0.39, 0.29) is 19.6 Å². The quantitative estimate of drug-likeness (QED) is 0.522. The molecule has 0 saturated carbocycles. The minimum Gasteiger partial charge on any atom is -0.466 e. The van der Waals surface area contributed by atoms with E-state index in [1.54, 1.807) is 6.92 Å². The molecule has 0 spiro atoms. The van der Waals surface area contributed by atoms with Crippen molar-refractivity contribution in [3.63, 3.8) is 0 Å². The molecule has 0 heterocycles. The van der Waals surface area contributed by atoms with E-state index in [4.69, 9.17) is 5.73 Å². The molecule has 0 rings (SSSR count). The number of nitrogens with two attached hydrogens (primary N) is 1. The first-order chi connectivity index (χ1) is 7.51. The lowest BCUT2D eigenvalue weighted by atomic mass is 10.2. The van der Waals surface area contributed by atoms with Gasteiger partial charge in [-0.1, -0.05) is 0 Å². The molecule has 7 heteroatoms. The molecule has 2 amide bonds. The minimum atomic E-state index is -1.07. The largest absolute Gasteiger partial charge is 0.466 e. The first-order valence-corrected chi connectivity index (χ1v) is 4.74. The van der Waals surface area contributed by atoms with Crippen LogP contribution in [-0.4, -0.2) is 44.1 Å². The van der Waals surface area contributed by atoms with Gasteiger partial charge in [-0.3, -0.25) is 14.4 Å². The Morgan fingerprint density at radius 1 is 1.38 bits per heavy atom. The summed E-state index contributed by atoms with van der Waals surface area (Å²) < 4.78 is 9.19. The number of hydrogen-bond acceptors (Lipinski definition) is 5. The Morgan fingerprint density at radius 2 is 2.00 bits per heavy atom. The summed E-state index contributed by atoms with van der Waals surface area (Å²) in [7, 11) is 1.34. The number of hydrogen-bond donors (Lipinski definition) is 2. The normalized spacial score (nSPS) is 11.6. The van der Waals surface area contributed by atoms with E-state index in [2.05, 4.69) is 14.8 Å². The van der Waals surface area contributed by atoms with Crippen LogP contribution in [0.4, 0.5) is 0 Å². The Morgan fingerprint density at radius 3 is 2.44 bits per heavy atom. The third kappa shape index (κ3) is 5.97. The highest BCUT2D eigenvalue weighted by atomic mass is 16.5. The van der Waals surface area contributed by atoms with Gasteiger partial charge in [-0.15, -0.1) is 0 Å². The zero-order valence-electron chi connectivity index (χ0n) is 9.32. The summed E-state index contributed by atoms with van der Waals surface area (Å²) in [6.07, 6.45) is -0.279. The molecule has 0 aliphatic heterocycles. The Balaban J connectivity index is 4.22. The fraction of sp³-hybridized carbons (Fsp3) is 0.667. The molecule has 0 aliphatic rings. The number of amides is 2. The Labute approximate surface area is 93.3 Å². The Kier molecular flexibility index (Phi) is 6.86. The first kappa shape index (κ1) is 14.4. The number of carbonyl (C=O) groups excluding carboxylic acids is 3. The van der Waals surface area contributed by atoms with E-state index in [0.29, 0.717) is 0 Å². The summed E-state index contributed by atoms with van der Waals surface area (Å²) in [4.78, 5) is 33.1. The molecular weight excluding hydrogens is 216 g/mol. The maximum absolute atomic E-state index is 11.1. The predicted octanol–water partition coefficient (Wildman–Crippen LogP) is -1.44. The molecule has 0 aromatic carbocycles. The molecule has 0 aromatic rings. The van der Waals surface area contributed by atoms with E-state index in [1.807, 2.05) is 0 Å². The SMILES string of the molecule is CCOC(=O)C[C@@H](NC(=O)COC)C(N)=O. The number of carbonyl (C=O) groups is 3. The molecule has 16 heavy (non-hydrogen) atoms. The number of methoxy groups -OCH3 is 1. The van der Waals surface area contributed by atoms with Crippen molar-refractivity contribution in [3.05, 3.63) is 0 Å². The second kappa shape index (κ2) is 7.63.